The highest BCUT2D eigenvalue weighted by Gasteiger charge is 2.35. The molecule has 0 bridgehead atoms. The number of nitrogens with one attached hydrogen (secondary N) is 2. The smallest absolute Gasteiger partial charge is 0.408 e. The average Bonchev–Trinajstić information content (AvgIpc) is 2.83. The maximum atomic E-state index is 14.1. The van der Waals surface area contributed by atoms with Crippen molar-refractivity contribution in [3.8, 4) is 0 Å². The van der Waals surface area contributed by atoms with Crippen LogP contribution in [0.4, 0.5) is 4.79 Å². The summed E-state index contributed by atoms with van der Waals surface area (Å²) in [6, 6.07) is 15.5. The highest BCUT2D eigenvalue weighted by Crippen LogP contribution is 2.24. The molecule has 0 spiro atoms. The molecule has 0 aliphatic carbocycles. The van der Waals surface area contributed by atoms with E-state index in [2.05, 4.69) is 17.6 Å². The van der Waals surface area contributed by atoms with Gasteiger partial charge in [0.25, 0.3) is 0 Å². The Morgan fingerprint density at radius 3 is 2.16 bits per heavy atom. The second kappa shape index (κ2) is 14.4. The molecule has 2 aromatic carbocycles. The van der Waals surface area contributed by atoms with Crippen LogP contribution in [0.25, 0.3) is 0 Å². The molecule has 0 aliphatic rings. The van der Waals surface area contributed by atoms with Crippen molar-refractivity contribution in [1.29, 1.82) is 0 Å². The number of carbonyl (C=O) groups excluding carboxylic acids is 3. The fraction of sp³-hybridized carbons (Fsp3) is 0.500. The molecule has 202 valence electrons. The van der Waals surface area contributed by atoms with Crippen molar-refractivity contribution < 1.29 is 19.1 Å². The third-order valence-corrected chi connectivity index (χ3v) is 5.80. The standard InChI is InChI=1S/C30H43N3O4/c1-7-9-19-31-27(34)26(24-17-15-22(3)16-18-24)33(20-8-2)28(35)25(21-23-13-11-10-12-14-23)32-29(36)37-30(4,5)6/h10-18,25-26H,7-9,19-21H2,1-6H3,(H,31,34)(H,32,36). The van der Waals surface area contributed by atoms with Gasteiger partial charge in [0.2, 0.25) is 11.8 Å². The number of unbranched alkanes of at least 4 members (excludes halogenated alkanes) is 1. The number of rotatable bonds is 12. The van der Waals surface area contributed by atoms with Gasteiger partial charge in [-0.1, -0.05) is 80.4 Å². The van der Waals surface area contributed by atoms with E-state index in [1.165, 1.54) is 0 Å². The third kappa shape index (κ3) is 9.90. The summed E-state index contributed by atoms with van der Waals surface area (Å²) in [4.78, 5) is 42.0. The second-order valence-corrected chi connectivity index (χ2v) is 10.4. The Bertz CT molecular complexity index is 1000. The number of carbonyl (C=O) groups is 3. The summed E-state index contributed by atoms with van der Waals surface area (Å²) in [6.07, 6.45) is 2.06. The van der Waals surface area contributed by atoms with Crippen molar-refractivity contribution in [2.75, 3.05) is 13.1 Å². The SMILES string of the molecule is CCCCNC(=O)C(c1ccc(C)cc1)N(CCC)C(=O)C(Cc1ccccc1)NC(=O)OC(C)(C)C. The fourth-order valence-electron chi connectivity index (χ4n) is 4.01. The van der Waals surface area contributed by atoms with E-state index in [1.54, 1.807) is 25.7 Å². The Labute approximate surface area is 222 Å². The molecular formula is C30H43N3O4. The number of hydrogen-bond donors (Lipinski definition) is 2. The molecule has 2 rings (SSSR count). The Balaban J connectivity index is 2.46. The summed E-state index contributed by atoms with van der Waals surface area (Å²) in [5, 5.41) is 5.79. The monoisotopic (exact) mass is 509 g/mol. The summed E-state index contributed by atoms with van der Waals surface area (Å²) in [7, 11) is 0. The zero-order chi connectivity index (χ0) is 27.4. The van der Waals surface area contributed by atoms with Crippen LogP contribution in [0.15, 0.2) is 54.6 Å². The van der Waals surface area contributed by atoms with E-state index >= 15 is 0 Å². The molecule has 0 radical (unpaired) electrons. The van der Waals surface area contributed by atoms with Crippen LogP contribution in [-0.4, -0.2) is 47.5 Å². The number of aryl methyl sites for hydroxylation is 1. The average molecular weight is 510 g/mol. The summed E-state index contributed by atoms with van der Waals surface area (Å²) >= 11 is 0. The molecule has 7 heteroatoms. The van der Waals surface area contributed by atoms with Gasteiger partial charge in [-0.15, -0.1) is 0 Å². The van der Waals surface area contributed by atoms with Crippen LogP contribution in [-0.2, 0) is 20.7 Å². The molecular weight excluding hydrogens is 466 g/mol. The first-order chi connectivity index (χ1) is 17.6. The van der Waals surface area contributed by atoms with E-state index in [0.717, 1.165) is 29.5 Å². The number of ether oxygens (including phenoxy) is 1. The van der Waals surface area contributed by atoms with Gasteiger partial charge in [-0.3, -0.25) is 9.59 Å². The summed E-state index contributed by atoms with van der Waals surface area (Å²) in [6.45, 7) is 12.2. The van der Waals surface area contributed by atoms with Crippen LogP contribution in [0.5, 0.6) is 0 Å². The lowest BCUT2D eigenvalue weighted by atomic mass is 9.99. The van der Waals surface area contributed by atoms with Crippen LogP contribution >= 0.6 is 0 Å². The second-order valence-electron chi connectivity index (χ2n) is 10.4. The quantitative estimate of drug-likeness (QED) is 0.379. The Kier molecular flexibility index (Phi) is 11.6. The number of amides is 3. The van der Waals surface area contributed by atoms with Crippen LogP contribution in [0.3, 0.4) is 0 Å². The van der Waals surface area contributed by atoms with Crippen molar-refractivity contribution in [3.05, 3.63) is 71.3 Å². The molecule has 2 atom stereocenters. The Morgan fingerprint density at radius 2 is 1.59 bits per heavy atom. The van der Waals surface area contributed by atoms with E-state index in [4.69, 9.17) is 4.74 Å². The van der Waals surface area contributed by atoms with Crippen molar-refractivity contribution >= 4 is 17.9 Å². The molecule has 2 N–H and O–H groups in total. The van der Waals surface area contributed by atoms with Crippen molar-refractivity contribution in [2.45, 2.75) is 84.9 Å². The first-order valence-corrected chi connectivity index (χ1v) is 13.2. The first-order valence-electron chi connectivity index (χ1n) is 13.2. The number of hydrogen-bond acceptors (Lipinski definition) is 4. The largest absolute Gasteiger partial charge is 0.444 e. The van der Waals surface area contributed by atoms with Gasteiger partial charge in [-0.2, -0.15) is 0 Å². The number of alkyl carbamates (subject to hydrolysis) is 1. The van der Waals surface area contributed by atoms with Crippen molar-refractivity contribution in [3.63, 3.8) is 0 Å². The van der Waals surface area contributed by atoms with Gasteiger partial charge in [0, 0.05) is 19.5 Å². The van der Waals surface area contributed by atoms with Crippen LogP contribution in [0.2, 0.25) is 0 Å². The lowest BCUT2D eigenvalue weighted by Crippen LogP contribution is -2.54. The third-order valence-electron chi connectivity index (χ3n) is 5.80. The van der Waals surface area contributed by atoms with E-state index in [9.17, 15) is 14.4 Å². The molecule has 0 saturated heterocycles. The van der Waals surface area contributed by atoms with E-state index < -0.39 is 23.8 Å². The van der Waals surface area contributed by atoms with Gasteiger partial charge < -0.3 is 20.3 Å². The molecule has 0 heterocycles. The summed E-state index contributed by atoms with van der Waals surface area (Å²) < 4.78 is 5.47. The van der Waals surface area contributed by atoms with Crippen molar-refractivity contribution in [2.24, 2.45) is 0 Å². The molecule has 0 aliphatic heterocycles. The number of nitrogens with zero attached hydrogens (tertiary/aromatic N) is 1. The topological polar surface area (TPSA) is 87.7 Å². The molecule has 0 saturated carbocycles. The molecule has 2 unspecified atom stereocenters. The molecule has 37 heavy (non-hydrogen) atoms. The maximum Gasteiger partial charge on any atom is 0.408 e. The van der Waals surface area contributed by atoms with E-state index in [0.29, 0.717) is 19.5 Å². The van der Waals surface area contributed by atoms with Crippen LogP contribution < -0.4 is 10.6 Å². The maximum absolute atomic E-state index is 14.1. The van der Waals surface area contributed by atoms with E-state index in [-0.39, 0.29) is 18.2 Å². The van der Waals surface area contributed by atoms with Crippen LogP contribution in [0.1, 0.15) is 76.6 Å². The summed E-state index contributed by atoms with van der Waals surface area (Å²) in [5.41, 5.74) is 1.98. The van der Waals surface area contributed by atoms with Gasteiger partial charge in [0.1, 0.15) is 17.7 Å². The van der Waals surface area contributed by atoms with Crippen molar-refractivity contribution in [1.82, 2.24) is 15.5 Å². The molecule has 3 amide bonds. The Hall–Kier alpha value is -3.35. The zero-order valence-corrected chi connectivity index (χ0v) is 23.2. The van der Waals surface area contributed by atoms with Gasteiger partial charge >= 0.3 is 6.09 Å². The number of benzene rings is 2. The minimum absolute atomic E-state index is 0.227. The molecule has 7 nitrogen and oxygen atoms in total. The van der Waals surface area contributed by atoms with Gasteiger partial charge in [0.15, 0.2) is 0 Å². The molecule has 0 aromatic heterocycles. The predicted octanol–water partition coefficient (Wildman–Crippen LogP) is 5.33. The summed E-state index contributed by atoms with van der Waals surface area (Å²) in [5.74, 6) is -0.553. The van der Waals surface area contributed by atoms with E-state index in [1.807, 2.05) is 68.4 Å². The highest BCUT2D eigenvalue weighted by molar-refractivity contribution is 5.92. The highest BCUT2D eigenvalue weighted by atomic mass is 16.6. The minimum atomic E-state index is -0.903. The fourth-order valence-corrected chi connectivity index (χ4v) is 4.01. The lowest BCUT2D eigenvalue weighted by Gasteiger charge is -2.34. The predicted molar refractivity (Wildman–Crippen MR) is 147 cm³/mol. The minimum Gasteiger partial charge on any atom is -0.444 e. The van der Waals surface area contributed by atoms with Gasteiger partial charge in [-0.05, 0) is 51.7 Å². The lowest BCUT2D eigenvalue weighted by molar-refractivity contribution is -0.142. The van der Waals surface area contributed by atoms with Crippen LogP contribution in [0, 0.1) is 6.92 Å². The first kappa shape index (κ1) is 29.9. The zero-order valence-electron chi connectivity index (χ0n) is 23.2. The molecule has 2 aromatic rings. The van der Waals surface area contributed by atoms with Gasteiger partial charge in [-0.25, -0.2) is 4.79 Å². The normalized spacial score (nSPS) is 12.8. The Morgan fingerprint density at radius 1 is 0.946 bits per heavy atom. The molecule has 0 fully saturated rings. The van der Waals surface area contributed by atoms with Gasteiger partial charge in [0.05, 0.1) is 0 Å².